The number of thiophene rings is 1. The molecule has 1 amide bonds. The molecule has 1 aromatic carbocycles. The molecule has 1 aliphatic carbocycles. The normalized spacial score (nSPS) is 21.1. The Kier molecular flexibility index (Phi) is 4.89. The second-order valence-corrected chi connectivity index (χ2v) is 8.75. The van der Waals surface area contributed by atoms with Crippen molar-refractivity contribution in [2.75, 3.05) is 31.6 Å². The molecule has 148 valence electrons. The highest BCUT2D eigenvalue weighted by molar-refractivity contribution is 7.12. The molecule has 5 nitrogen and oxygen atoms in total. The van der Waals surface area contributed by atoms with E-state index in [0.717, 1.165) is 60.8 Å². The average molecular weight is 399 g/mol. The molecule has 3 aliphatic rings. The molecule has 1 unspecified atom stereocenters. The summed E-state index contributed by atoms with van der Waals surface area (Å²) in [6.07, 6.45) is 6.75. The van der Waals surface area contributed by atoms with Gasteiger partial charge in [0, 0.05) is 30.9 Å². The van der Waals surface area contributed by atoms with Gasteiger partial charge in [0.2, 0.25) is 0 Å². The van der Waals surface area contributed by atoms with Gasteiger partial charge in [-0.05, 0) is 67.2 Å². The Balaban J connectivity index is 1.27. The van der Waals surface area contributed by atoms with E-state index < -0.39 is 0 Å². The van der Waals surface area contributed by atoms with Crippen molar-refractivity contribution in [2.45, 2.75) is 44.6 Å². The van der Waals surface area contributed by atoms with Gasteiger partial charge in [-0.3, -0.25) is 4.79 Å². The van der Waals surface area contributed by atoms with Crippen molar-refractivity contribution < 1.29 is 14.3 Å². The second-order valence-electron chi connectivity index (χ2n) is 7.87. The minimum Gasteiger partial charge on any atom is -0.486 e. The van der Waals surface area contributed by atoms with Crippen LogP contribution in [0.15, 0.2) is 23.6 Å². The number of rotatable bonds is 3. The van der Waals surface area contributed by atoms with Crippen molar-refractivity contribution in [3.05, 3.63) is 39.6 Å². The highest BCUT2D eigenvalue weighted by Gasteiger charge is 2.28. The van der Waals surface area contributed by atoms with Crippen LogP contribution in [0.2, 0.25) is 0 Å². The first-order valence-corrected chi connectivity index (χ1v) is 11.2. The Labute approximate surface area is 169 Å². The summed E-state index contributed by atoms with van der Waals surface area (Å²) >= 11 is 1.65. The fourth-order valence-electron chi connectivity index (χ4n) is 4.49. The van der Waals surface area contributed by atoms with Gasteiger partial charge in [-0.2, -0.15) is 0 Å². The Morgan fingerprint density at radius 1 is 1.11 bits per heavy atom. The van der Waals surface area contributed by atoms with Gasteiger partial charge in [0.15, 0.2) is 11.5 Å². The van der Waals surface area contributed by atoms with E-state index in [2.05, 4.69) is 10.7 Å². The number of nitrogens with one attached hydrogen (secondary N) is 1. The van der Waals surface area contributed by atoms with Crippen LogP contribution in [-0.4, -0.2) is 43.2 Å². The number of nitrogens with zero attached hydrogens (tertiary/aromatic N) is 1. The summed E-state index contributed by atoms with van der Waals surface area (Å²) in [6.45, 7) is 2.80. The molecule has 1 aromatic heterocycles. The maximum atomic E-state index is 13.2. The van der Waals surface area contributed by atoms with Crippen molar-refractivity contribution >= 4 is 22.9 Å². The molecule has 1 saturated heterocycles. The maximum absolute atomic E-state index is 13.2. The van der Waals surface area contributed by atoms with Gasteiger partial charge in [-0.15, -0.1) is 11.3 Å². The lowest BCUT2D eigenvalue weighted by Crippen LogP contribution is -2.45. The predicted octanol–water partition coefficient (Wildman–Crippen LogP) is 4.11. The number of hydrogen-bond acceptors (Lipinski definition) is 5. The van der Waals surface area contributed by atoms with Crippen molar-refractivity contribution in [1.29, 1.82) is 0 Å². The number of amides is 1. The van der Waals surface area contributed by atoms with Crippen LogP contribution >= 0.6 is 11.3 Å². The first-order valence-electron chi connectivity index (χ1n) is 10.3. The number of benzene rings is 1. The monoisotopic (exact) mass is 398 g/mol. The number of fused-ring (bicyclic) bond motifs is 2. The Morgan fingerprint density at radius 2 is 1.96 bits per heavy atom. The Bertz CT molecular complexity index is 879. The summed E-state index contributed by atoms with van der Waals surface area (Å²) in [4.78, 5) is 16.2. The Hall–Kier alpha value is -2.21. The highest BCUT2D eigenvalue weighted by atomic mass is 32.1. The van der Waals surface area contributed by atoms with Gasteiger partial charge >= 0.3 is 0 Å². The fraction of sp³-hybridized carbons (Fsp3) is 0.500. The minimum atomic E-state index is 0.224. The third kappa shape index (κ3) is 3.46. The highest BCUT2D eigenvalue weighted by Crippen LogP contribution is 2.34. The maximum Gasteiger partial charge on any atom is 0.264 e. The van der Waals surface area contributed by atoms with E-state index in [-0.39, 0.29) is 11.9 Å². The summed E-state index contributed by atoms with van der Waals surface area (Å²) in [6, 6.07) is 6.26. The molecular formula is C22H26N2O3S. The SMILES string of the molecule is O=C(c1scc2c1CCCC2)N1CCCC(Nc2ccc3c(c2)OCCO3)C1. The molecule has 2 aromatic rings. The van der Waals surface area contributed by atoms with Crippen molar-refractivity contribution in [2.24, 2.45) is 0 Å². The number of aryl methyl sites for hydroxylation is 1. The first kappa shape index (κ1) is 17.9. The van der Waals surface area contributed by atoms with Crippen LogP contribution in [0, 0.1) is 0 Å². The van der Waals surface area contributed by atoms with E-state index in [1.165, 1.54) is 24.0 Å². The van der Waals surface area contributed by atoms with Gasteiger partial charge in [-0.25, -0.2) is 0 Å². The number of carbonyl (C=O) groups excluding carboxylic acids is 1. The molecule has 0 saturated carbocycles. The zero-order valence-corrected chi connectivity index (χ0v) is 16.9. The third-order valence-electron chi connectivity index (χ3n) is 5.92. The molecular weight excluding hydrogens is 372 g/mol. The molecule has 5 rings (SSSR count). The molecule has 1 N–H and O–H groups in total. The first-order chi connectivity index (χ1) is 13.8. The van der Waals surface area contributed by atoms with Crippen molar-refractivity contribution in [1.82, 2.24) is 4.90 Å². The van der Waals surface area contributed by atoms with Crippen LogP contribution in [0.4, 0.5) is 5.69 Å². The van der Waals surface area contributed by atoms with Gasteiger partial charge in [-0.1, -0.05) is 0 Å². The summed E-state index contributed by atoms with van der Waals surface area (Å²) in [7, 11) is 0. The quantitative estimate of drug-likeness (QED) is 0.845. The van der Waals surface area contributed by atoms with Gasteiger partial charge < -0.3 is 19.7 Å². The van der Waals surface area contributed by atoms with Crippen LogP contribution in [0.5, 0.6) is 11.5 Å². The second kappa shape index (κ2) is 7.66. The van der Waals surface area contributed by atoms with Gasteiger partial charge in [0.05, 0.1) is 4.88 Å². The van der Waals surface area contributed by atoms with E-state index in [4.69, 9.17) is 9.47 Å². The van der Waals surface area contributed by atoms with E-state index in [0.29, 0.717) is 13.2 Å². The number of carbonyl (C=O) groups is 1. The van der Waals surface area contributed by atoms with E-state index >= 15 is 0 Å². The van der Waals surface area contributed by atoms with Crippen molar-refractivity contribution in [3.8, 4) is 11.5 Å². The van der Waals surface area contributed by atoms with Crippen molar-refractivity contribution in [3.63, 3.8) is 0 Å². The number of ether oxygens (including phenoxy) is 2. The molecule has 6 heteroatoms. The van der Waals surface area contributed by atoms with Gasteiger partial charge in [0.25, 0.3) is 5.91 Å². The van der Waals surface area contributed by atoms with Crippen LogP contribution in [0.25, 0.3) is 0 Å². The Morgan fingerprint density at radius 3 is 2.89 bits per heavy atom. The standard InChI is InChI=1S/C22H26N2O3S/c25-22(21-18-6-2-1-4-15(18)14-28-21)24-9-3-5-17(13-24)23-16-7-8-19-20(12-16)27-11-10-26-19/h7-8,12,14,17,23H,1-6,9-11,13H2. The van der Waals surface area contributed by atoms with E-state index in [1.807, 2.05) is 23.1 Å². The summed E-state index contributed by atoms with van der Waals surface area (Å²) < 4.78 is 11.3. The van der Waals surface area contributed by atoms with Gasteiger partial charge in [0.1, 0.15) is 13.2 Å². The molecule has 3 heterocycles. The average Bonchev–Trinajstić information content (AvgIpc) is 3.17. The van der Waals surface area contributed by atoms with E-state index in [1.54, 1.807) is 11.3 Å². The molecule has 0 radical (unpaired) electrons. The number of piperidine rings is 1. The number of likely N-dealkylation sites (tertiary alicyclic amines) is 1. The zero-order chi connectivity index (χ0) is 18.9. The topological polar surface area (TPSA) is 50.8 Å². The molecule has 1 fully saturated rings. The van der Waals surface area contributed by atoms with E-state index in [9.17, 15) is 4.79 Å². The lowest BCUT2D eigenvalue weighted by Gasteiger charge is -2.34. The van der Waals surface area contributed by atoms with Crippen LogP contribution in [0.1, 0.15) is 46.5 Å². The lowest BCUT2D eigenvalue weighted by molar-refractivity contribution is 0.0718. The van der Waals surface area contributed by atoms with Crippen LogP contribution in [-0.2, 0) is 12.8 Å². The molecule has 0 bridgehead atoms. The minimum absolute atomic E-state index is 0.224. The van der Waals surface area contributed by atoms with Crippen LogP contribution < -0.4 is 14.8 Å². The molecule has 28 heavy (non-hydrogen) atoms. The largest absolute Gasteiger partial charge is 0.486 e. The number of anilines is 1. The summed E-state index contributed by atoms with van der Waals surface area (Å²) in [5.74, 6) is 1.83. The zero-order valence-electron chi connectivity index (χ0n) is 16.0. The summed E-state index contributed by atoms with van der Waals surface area (Å²) in [5.41, 5.74) is 3.75. The third-order valence-corrected chi connectivity index (χ3v) is 6.98. The number of hydrogen-bond donors (Lipinski definition) is 1. The fourth-order valence-corrected chi connectivity index (χ4v) is 5.62. The van der Waals surface area contributed by atoms with Crippen LogP contribution in [0.3, 0.4) is 0 Å². The smallest absolute Gasteiger partial charge is 0.264 e. The molecule has 1 atom stereocenters. The summed E-state index contributed by atoms with van der Waals surface area (Å²) in [5, 5.41) is 5.80. The molecule has 2 aliphatic heterocycles. The molecule has 0 spiro atoms. The lowest BCUT2D eigenvalue weighted by atomic mass is 9.93. The predicted molar refractivity (Wildman–Crippen MR) is 111 cm³/mol.